The van der Waals surface area contributed by atoms with Crippen LogP contribution in [0.5, 0.6) is 0 Å². The Hall–Kier alpha value is -1.97. The van der Waals surface area contributed by atoms with Gasteiger partial charge in [-0.3, -0.25) is 0 Å². The van der Waals surface area contributed by atoms with Crippen LogP contribution in [-0.2, 0) is 6.18 Å². The van der Waals surface area contributed by atoms with Gasteiger partial charge >= 0.3 is 6.18 Å². The summed E-state index contributed by atoms with van der Waals surface area (Å²) in [5.74, 6) is 0.202. The fraction of sp³-hybridized carbons (Fsp3) is 0.538. The van der Waals surface area contributed by atoms with Gasteiger partial charge in [0.25, 0.3) is 0 Å². The number of anilines is 2. The topological polar surface area (TPSA) is 65.9 Å². The molecule has 0 bridgehead atoms. The number of hydrogen-bond acceptors (Lipinski definition) is 4. The molecule has 0 spiro atoms. The predicted octanol–water partition coefficient (Wildman–Crippen LogP) is 3.06. The van der Waals surface area contributed by atoms with Crippen molar-refractivity contribution in [2.45, 2.75) is 26.4 Å². The van der Waals surface area contributed by atoms with Crippen molar-refractivity contribution in [2.24, 2.45) is 5.92 Å². The summed E-state index contributed by atoms with van der Waals surface area (Å²) in [4.78, 5) is 5.60. The fourth-order valence-electron chi connectivity index (χ4n) is 1.79. The molecule has 0 aliphatic carbocycles. The summed E-state index contributed by atoms with van der Waals surface area (Å²) in [5, 5.41) is 8.63. The molecule has 0 aromatic carbocycles. The maximum absolute atomic E-state index is 12.8. The summed E-state index contributed by atoms with van der Waals surface area (Å²) in [6, 6.07) is 3.75. The lowest BCUT2D eigenvalue weighted by molar-refractivity contribution is -0.137. The minimum Gasteiger partial charge on any atom is -0.384 e. The van der Waals surface area contributed by atoms with E-state index < -0.39 is 11.7 Å². The Morgan fingerprint density at radius 2 is 2.05 bits per heavy atom. The summed E-state index contributed by atoms with van der Waals surface area (Å²) in [7, 11) is 0. The molecular formula is C13H17F3N4. The van der Waals surface area contributed by atoms with Crippen LogP contribution in [0.25, 0.3) is 0 Å². The lowest BCUT2D eigenvalue weighted by Crippen LogP contribution is -2.30. The molecule has 20 heavy (non-hydrogen) atoms. The Kier molecular flexibility index (Phi) is 5.19. The van der Waals surface area contributed by atoms with Crippen molar-refractivity contribution in [2.75, 3.05) is 23.7 Å². The molecule has 4 nitrogen and oxygen atoms in total. The second-order valence-corrected chi connectivity index (χ2v) is 4.88. The smallest absolute Gasteiger partial charge is 0.384 e. The van der Waals surface area contributed by atoms with Crippen molar-refractivity contribution < 1.29 is 13.2 Å². The Morgan fingerprint density at radius 3 is 2.55 bits per heavy atom. The van der Waals surface area contributed by atoms with E-state index in [0.29, 0.717) is 13.1 Å². The number of halogens is 3. The molecule has 1 aromatic heterocycles. The number of hydrogen-bond donors (Lipinski definition) is 1. The van der Waals surface area contributed by atoms with Gasteiger partial charge in [0, 0.05) is 13.1 Å². The van der Waals surface area contributed by atoms with Gasteiger partial charge in [-0.2, -0.15) is 18.4 Å². The van der Waals surface area contributed by atoms with Gasteiger partial charge in [-0.05, 0) is 18.1 Å². The average Bonchev–Trinajstić information content (AvgIpc) is 2.32. The summed E-state index contributed by atoms with van der Waals surface area (Å²) >= 11 is 0. The minimum absolute atomic E-state index is 0.154. The number of nitrogen functional groups attached to an aromatic ring is 1. The zero-order chi connectivity index (χ0) is 15.3. The first-order valence-electron chi connectivity index (χ1n) is 6.20. The minimum atomic E-state index is -4.47. The third-order valence-corrected chi connectivity index (χ3v) is 2.56. The van der Waals surface area contributed by atoms with Gasteiger partial charge < -0.3 is 10.6 Å². The molecule has 0 unspecified atom stereocenters. The summed E-state index contributed by atoms with van der Waals surface area (Å²) in [5.41, 5.74) is 4.62. The van der Waals surface area contributed by atoms with Gasteiger partial charge in [0.05, 0.1) is 18.1 Å². The molecule has 0 saturated heterocycles. The Morgan fingerprint density at radius 1 is 1.40 bits per heavy atom. The van der Waals surface area contributed by atoms with Crippen molar-refractivity contribution in [1.82, 2.24) is 4.98 Å². The van der Waals surface area contributed by atoms with Gasteiger partial charge in [-0.15, -0.1) is 0 Å². The quantitative estimate of drug-likeness (QED) is 0.903. The lowest BCUT2D eigenvalue weighted by Gasteiger charge is -2.25. The van der Waals surface area contributed by atoms with Crippen molar-refractivity contribution in [3.8, 4) is 6.07 Å². The normalized spacial score (nSPS) is 11.4. The maximum atomic E-state index is 12.8. The SMILES string of the molecule is CC(C)CN(CCC#N)c1cc(C(F)(F)F)cc(N)n1. The first kappa shape index (κ1) is 16.1. The second kappa shape index (κ2) is 6.46. The zero-order valence-corrected chi connectivity index (χ0v) is 11.4. The Bertz CT molecular complexity index is 491. The number of aromatic nitrogens is 1. The Labute approximate surface area is 116 Å². The van der Waals surface area contributed by atoms with Crippen LogP contribution in [0.4, 0.5) is 24.8 Å². The van der Waals surface area contributed by atoms with E-state index in [-0.39, 0.29) is 24.0 Å². The summed E-state index contributed by atoms with van der Waals surface area (Å²) in [6.07, 6.45) is -4.25. The van der Waals surface area contributed by atoms with E-state index in [4.69, 9.17) is 11.0 Å². The molecule has 0 aliphatic rings. The van der Waals surface area contributed by atoms with Crippen LogP contribution in [0.15, 0.2) is 12.1 Å². The van der Waals surface area contributed by atoms with Crippen molar-refractivity contribution >= 4 is 11.6 Å². The number of nitrogens with two attached hydrogens (primary N) is 1. The van der Waals surface area contributed by atoms with Gasteiger partial charge in [-0.1, -0.05) is 13.8 Å². The monoisotopic (exact) mass is 286 g/mol. The third kappa shape index (κ3) is 4.61. The highest BCUT2D eigenvalue weighted by Gasteiger charge is 2.32. The molecule has 0 amide bonds. The lowest BCUT2D eigenvalue weighted by atomic mass is 10.2. The molecule has 0 aliphatic heterocycles. The van der Waals surface area contributed by atoms with Crippen molar-refractivity contribution in [3.05, 3.63) is 17.7 Å². The number of nitrogens with zero attached hydrogens (tertiary/aromatic N) is 3. The number of alkyl halides is 3. The van der Waals surface area contributed by atoms with E-state index in [9.17, 15) is 13.2 Å². The third-order valence-electron chi connectivity index (χ3n) is 2.56. The molecule has 1 rings (SSSR count). The van der Waals surface area contributed by atoms with E-state index in [0.717, 1.165) is 12.1 Å². The van der Waals surface area contributed by atoms with Crippen LogP contribution < -0.4 is 10.6 Å². The summed E-state index contributed by atoms with van der Waals surface area (Å²) in [6.45, 7) is 4.71. The average molecular weight is 286 g/mol. The van der Waals surface area contributed by atoms with Gasteiger partial charge in [0.1, 0.15) is 11.6 Å². The molecule has 0 atom stereocenters. The first-order valence-corrected chi connectivity index (χ1v) is 6.20. The van der Waals surface area contributed by atoms with E-state index in [1.54, 1.807) is 4.90 Å². The molecule has 1 heterocycles. The molecular weight excluding hydrogens is 269 g/mol. The van der Waals surface area contributed by atoms with Gasteiger partial charge in [0.2, 0.25) is 0 Å². The molecule has 7 heteroatoms. The van der Waals surface area contributed by atoms with Crippen LogP contribution >= 0.6 is 0 Å². The van der Waals surface area contributed by atoms with Crippen LogP contribution in [-0.4, -0.2) is 18.1 Å². The van der Waals surface area contributed by atoms with Gasteiger partial charge in [0.15, 0.2) is 0 Å². The standard InChI is InChI=1S/C13H17F3N4/c1-9(2)8-20(5-3-4-17)12-7-10(13(14,15)16)6-11(18)19-12/h6-7,9H,3,5,8H2,1-2H3,(H2,18,19). The zero-order valence-electron chi connectivity index (χ0n) is 11.4. The van der Waals surface area contributed by atoms with E-state index in [2.05, 4.69) is 4.98 Å². The van der Waals surface area contributed by atoms with Gasteiger partial charge in [-0.25, -0.2) is 4.98 Å². The van der Waals surface area contributed by atoms with Crippen LogP contribution in [0.1, 0.15) is 25.8 Å². The van der Waals surface area contributed by atoms with Crippen LogP contribution in [0.2, 0.25) is 0 Å². The Balaban J connectivity index is 3.12. The highest BCUT2D eigenvalue weighted by Crippen LogP contribution is 2.32. The summed E-state index contributed by atoms with van der Waals surface area (Å²) < 4.78 is 38.3. The van der Waals surface area contributed by atoms with Crippen molar-refractivity contribution in [1.29, 1.82) is 5.26 Å². The molecule has 2 N–H and O–H groups in total. The van der Waals surface area contributed by atoms with Crippen LogP contribution in [0.3, 0.4) is 0 Å². The van der Waals surface area contributed by atoms with E-state index in [1.165, 1.54) is 0 Å². The van der Waals surface area contributed by atoms with E-state index in [1.807, 2.05) is 19.9 Å². The maximum Gasteiger partial charge on any atom is 0.416 e. The number of pyridine rings is 1. The first-order chi connectivity index (χ1) is 9.24. The predicted molar refractivity (Wildman–Crippen MR) is 70.9 cm³/mol. The molecule has 1 aromatic rings. The van der Waals surface area contributed by atoms with Crippen LogP contribution in [0, 0.1) is 17.2 Å². The fourth-order valence-corrected chi connectivity index (χ4v) is 1.79. The van der Waals surface area contributed by atoms with E-state index >= 15 is 0 Å². The number of rotatable bonds is 5. The van der Waals surface area contributed by atoms with Crippen molar-refractivity contribution in [3.63, 3.8) is 0 Å². The molecule has 0 fully saturated rings. The second-order valence-electron chi connectivity index (χ2n) is 4.88. The molecule has 110 valence electrons. The highest BCUT2D eigenvalue weighted by molar-refractivity contribution is 5.49. The highest BCUT2D eigenvalue weighted by atomic mass is 19.4. The number of nitriles is 1. The molecule has 0 radical (unpaired) electrons. The molecule has 0 saturated carbocycles. The largest absolute Gasteiger partial charge is 0.416 e.